The Bertz CT molecular complexity index is 1020. The fraction of sp³-hybridized carbons (Fsp3) is 0.308. The van der Waals surface area contributed by atoms with Crippen molar-refractivity contribution in [3.05, 3.63) is 77.0 Å². The lowest BCUT2D eigenvalue weighted by Gasteiger charge is -2.35. The number of carbonyl (C=O) groups excluding carboxylic acids is 2. The Morgan fingerprint density at radius 3 is 2.19 bits per heavy atom. The third-order valence-electron chi connectivity index (χ3n) is 5.83. The van der Waals surface area contributed by atoms with Gasteiger partial charge in [-0.05, 0) is 74.5 Å². The van der Waals surface area contributed by atoms with E-state index in [0.29, 0.717) is 25.9 Å². The SMILES string of the molecule is CC(C)N(C(=O)C1CCN(C(=O)c2cccs2)CC1)c1ccc(Nc2ccccc2)cc1. The molecule has 0 atom stereocenters. The van der Waals surface area contributed by atoms with Crippen LogP contribution >= 0.6 is 11.3 Å². The zero-order valence-electron chi connectivity index (χ0n) is 18.5. The molecule has 1 N–H and O–H groups in total. The largest absolute Gasteiger partial charge is 0.356 e. The van der Waals surface area contributed by atoms with Crippen molar-refractivity contribution < 1.29 is 9.59 Å². The zero-order valence-corrected chi connectivity index (χ0v) is 19.3. The lowest BCUT2D eigenvalue weighted by atomic mass is 9.94. The smallest absolute Gasteiger partial charge is 0.263 e. The van der Waals surface area contributed by atoms with Crippen LogP contribution < -0.4 is 10.2 Å². The molecule has 166 valence electrons. The molecular formula is C26H29N3O2S. The molecule has 0 radical (unpaired) electrons. The molecule has 0 saturated carbocycles. The van der Waals surface area contributed by atoms with E-state index in [1.54, 1.807) is 0 Å². The highest BCUT2D eigenvalue weighted by molar-refractivity contribution is 7.12. The van der Waals surface area contributed by atoms with Crippen LogP contribution in [0.2, 0.25) is 0 Å². The van der Waals surface area contributed by atoms with Gasteiger partial charge in [0.15, 0.2) is 0 Å². The zero-order chi connectivity index (χ0) is 22.5. The number of likely N-dealkylation sites (tertiary alicyclic amines) is 1. The summed E-state index contributed by atoms with van der Waals surface area (Å²) in [5.74, 6) is 0.159. The van der Waals surface area contributed by atoms with Gasteiger partial charge in [-0.3, -0.25) is 9.59 Å². The third kappa shape index (κ3) is 5.02. The molecule has 4 rings (SSSR count). The molecule has 0 spiro atoms. The Balaban J connectivity index is 1.40. The van der Waals surface area contributed by atoms with Gasteiger partial charge in [0.25, 0.3) is 5.91 Å². The Morgan fingerprint density at radius 2 is 1.59 bits per heavy atom. The Kier molecular flexibility index (Phi) is 6.90. The molecule has 1 aromatic heterocycles. The van der Waals surface area contributed by atoms with Crippen molar-refractivity contribution in [3.8, 4) is 0 Å². The lowest BCUT2D eigenvalue weighted by molar-refractivity contribution is -0.124. The number of nitrogens with zero attached hydrogens (tertiary/aromatic N) is 2. The summed E-state index contributed by atoms with van der Waals surface area (Å²) >= 11 is 1.47. The van der Waals surface area contributed by atoms with E-state index in [2.05, 4.69) is 5.32 Å². The predicted octanol–water partition coefficient (Wildman–Crippen LogP) is 5.79. The number of carbonyl (C=O) groups is 2. The number of piperidine rings is 1. The highest BCUT2D eigenvalue weighted by atomic mass is 32.1. The van der Waals surface area contributed by atoms with Gasteiger partial charge in [0.1, 0.15) is 0 Å². The maximum Gasteiger partial charge on any atom is 0.263 e. The molecule has 3 aromatic rings. The quantitative estimate of drug-likeness (QED) is 0.521. The first-order valence-electron chi connectivity index (χ1n) is 11.1. The Morgan fingerprint density at radius 1 is 0.938 bits per heavy atom. The molecule has 0 bridgehead atoms. The van der Waals surface area contributed by atoms with Crippen molar-refractivity contribution in [1.82, 2.24) is 4.90 Å². The molecule has 1 aliphatic heterocycles. The average Bonchev–Trinajstić information content (AvgIpc) is 3.35. The fourth-order valence-electron chi connectivity index (χ4n) is 4.16. The van der Waals surface area contributed by atoms with Crippen LogP contribution in [0.25, 0.3) is 0 Å². The molecule has 0 unspecified atom stereocenters. The minimum absolute atomic E-state index is 0.0567. The van der Waals surface area contributed by atoms with Gasteiger partial charge >= 0.3 is 0 Å². The van der Waals surface area contributed by atoms with Crippen LogP contribution in [0, 0.1) is 5.92 Å². The van der Waals surface area contributed by atoms with E-state index < -0.39 is 0 Å². The molecule has 0 aliphatic carbocycles. The van der Waals surface area contributed by atoms with Gasteiger partial charge in [0.05, 0.1) is 4.88 Å². The molecule has 2 heterocycles. The molecule has 1 saturated heterocycles. The van der Waals surface area contributed by atoms with Crippen LogP contribution in [0.4, 0.5) is 17.1 Å². The van der Waals surface area contributed by atoms with E-state index in [1.807, 2.05) is 95.8 Å². The highest BCUT2D eigenvalue weighted by Crippen LogP contribution is 2.28. The summed E-state index contributed by atoms with van der Waals surface area (Å²) in [6, 6.07) is 21.9. The number of hydrogen-bond donors (Lipinski definition) is 1. The second kappa shape index (κ2) is 10.0. The van der Waals surface area contributed by atoms with Crippen molar-refractivity contribution in [2.24, 2.45) is 5.92 Å². The minimum Gasteiger partial charge on any atom is -0.356 e. The molecular weight excluding hydrogens is 418 g/mol. The predicted molar refractivity (Wildman–Crippen MR) is 132 cm³/mol. The molecule has 6 heteroatoms. The Hall–Kier alpha value is -3.12. The number of para-hydroxylation sites is 1. The summed E-state index contributed by atoms with van der Waals surface area (Å²) < 4.78 is 0. The lowest BCUT2D eigenvalue weighted by Crippen LogP contribution is -2.46. The number of nitrogens with one attached hydrogen (secondary N) is 1. The van der Waals surface area contributed by atoms with Gasteiger partial charge in [0.2, 0.25) is 5.91 Å². The first-order chi connectivity index (χ1) is 15.5. The number of anilines is 3. The highest BCUT2D eigenvalue weighted by Gasteiger charge is 2.32. The van der Waals surface area contributed by atoms with E-state index >= 15 is 0 Å². The van der Waals surface area contributed by atoms with Crippen LogP contribution in [0.5, 0.6) is 0 Å². The second-order valence-electron chi connectivity index (χ2n) is 8.38. The maximum atomic E-state index is 13.4. The van der Waals surface area contributed by atoms with Crippen LogP contribution in [-0.4, -0.2) is 35.8 Å². The van der Waals surface area contributed by atoms with Crippen LogP contribution in [0.3, 0.4) is 0 Å². The van der Waals surface area contributed by atoms with Gasteiger partial charge in [-0.2, -0.15) is 0 Å². The van der Waals surface area contributed by atoms with Crippen LogP contribution in [-0.2, 0) is 4.79 Å². The molecule has 32 heavy (non-hydrogen) atoms. The van der Waals surface area contributed by atoms with Gasteiger partial charge in [-0.15, -0.1) is 11.3 Å². The third-order valence-corrected chi connectivity index (χ3v) is 6.68. The van der Waals surface area contributed by atoms with E-state index in [4.69, 9.17) is 0 Å². The molecule has 1 aliphatic rings. The number of thiophene rings is 1. The number of hydrogen-bond acceptors (Lipinski definition) is 4. The van der Waals surface area contributed by atoms with E-state index in [0.717, 1.165) is 21.9 Å². The molecule has 2 amide bonds. The summed E-state index contributed by atoms with van der Waals surface area (Å²) in [6.45, 7) is 5.34. The van der Waals surface area contributed by atoms with Crippen molar-refractivity contribution in [2.75, 3.05) is 23.3 Å². The van der Waals surface area contributed by atoms with Crippen molar-refractivity contribution in [3.63, 3.8) is 0 Å². The number of rotatable bonds is 6. The summed E-state index contributed by atoms with van der Waals surface area (Å²) in [4.78, 5) is 30.6. The minimum atomic E-state index is -0.0630. The Labute approximate surface area is 193 Å². The van der Waals surface area contributed by atoms with Crippen molar-refractivity contribution >= 4 is 40.2 Å². The van der Waals surface area contributed by atoms with E-state index in [1.165, 1.54) is 11.3 Å². The maximum absolute atomic E-state index is 13.4. The van der Waals surface area contributed by atoms with Gasteiger partial charge in [-0.25, -0.2) is 0 Å². The van der Waals surface area contributed by atoms with Crippen LogP contribution in [0.15, 0.2) is 72.1 Å². The second-order valence-corrected chi connectivity index (χ2v) is 9.33. The first kappa shape index (κ1) is 22.1. The first-order valence-corrected chi connectivity index (χ1v) is 12.0. The summed E-state index contributed by atoms with van der Waals surface area (Å²) in [5.41, 5.74) is 2.91. The standard InChI is InChI=1S/C26H29N3O2S/c1-19(2)29(23-12-10-22(11-13-23)27-21-7-4-3-5-8-21)25(30)20-14-16-28(17-15-20)26(31)24-9-6-18-32-24/h3-13,18-20,27H,14-17H2,1-2H3. The molecule has 1 fully saturated rings. The fourth-order valence-corrected chi connectivity index (χ4v) is 4.85. The van der Waals surface area contributed by atoms with Gasteiger partial charge < -0.3 is 15.1 Å². The van der Waals surface area contributed by atoms with Crippen molar-refractivity contribution in [2.45, 2.75) is 32.7 Å². The number of benzene rings is 2. The van der Waals surface area contributed by atoms with Crippen molar-refractivity contribution in [1.29, 1.82) is 0 Å². The normalized spacial score (nSPS) is 14.4. The van der Waals surface area contributed by atoms with E-state index in [-0.39, 0.29) is 23.8 Å². The molecule has 2 aromatic carbocycles. The summed E-state index contributed by atoms with van der Waals surface area (Å²) in [5, 5.41) is 5.30. The van der Waals surface area contributed by atoms with Gasteiger partial charge in [0, 0.05) is 42.1 Å². The van der Waals surface area contributed by atoms with Crippen LogP contribution in [0.1, 0.15) is 36.4 Å². The monoisotopic (exact) mass is 447 g/mol. The topological polar surface area (TPSA) is 52.7 Å². The number of amides is 2. The average molecular weight is 448 g/mol. The van der Waals surface area contributed by atoms with Gasteiger partial charge in [-0.1, -0.05) is 24.3 Å². The van der Waals surface area contributed by atoms with E-state index in [9.17, 15) is 9.59 Å². The summed E-state index contributed by atoms with van der Waals surface area (Å²) in [6.07, 6.45) is 1.40. The summed E-state index contributed by atoms with van der Waals surface area (Å²) in [7, 11) is 0. The molecule has 5 nitrogen and oxygen atoms in total.